The maximum Gasteiger partial charge on any atom is 0.416 e. The van der Waals surface area contributed by atoms with Gasteiger partial charge >= 0.3 is 6.18 Å². The fourth-order valence-electron chi connectivity index (χ4n) is 4.31. The third kappa shape index (κ3) is 6.29. The number of hydrogen-bond donors (Lipinski definition) is 1. The van der Waals surface area contributed by atoms with Crippen LogP contribution >= 0.6 is 0 Å². The largest absolute Gasteiger partial charge is 0.593 e. The number of nitrogens with zero attached hydrogens (tertiary/aromatic N) is 1. The van der Waals surface area contributed by atoms with Gasteiger partial charge < -0.3 is 9.29 Å². The molecule has 0 saturated carbocycles. The molecule has 3 aromatic carbocycles. The summed E-state index contributed by atoms with van der Waals surface area (Å²) in [6, 6.07) is 19.6. The van der Waals surface area contributed by atoms with Crippen LogP contribution in [0, 0.1) is 0 Å². The molecule has 1 N–H and O–H groups in total. The van der Waals surface area contributed by atoms with E-state index in [-0.39, 0.29) is 10.9 Å². The van der Waals surface area contributed by atoms with Crippen LogP contribution in [-0.4, -0.2) is 35.7 Å². The number of piperidine rings is 1. The molecule has 9 heteroatoms. The zero-order valence-corrected chi connectivity index (χ0v) is 20.1. The quantitative estimate of drug-likeness (QED) is 0.429. The first-order valence-electron chi connectivity index (χ1n) is 11.3. The average Bonchev–Trinajstić information content (AvgIpc) is 2.85. The third-order valence-electron chi connectivity index (χ3n) is 6.13. The first-order valence-corrected chi connectivity index (χ1v) is 12.8. The molecule has 1 saturated heterocycles. The zero-order valence-electron chi connectivity index (χ0n) is 19.3. The number of methoxy groups -OCH3 is 1. The van der Waals surface area contributed by atoms with Crippen LogP contribution in [-0.2, 0) is 27.3 Å². The molecule has 1 aliphatic rings. The molecule has 1 heterocycles. The van der Waals surface area contributed by atoms with E-state index < -0.39 is 22.1 Å². The summed E-state index contributed by atoms with van der Waals surface area (Å²) in [5.41, 5.74) is 2.23. The van der Waals surface area contributed by atoms with Crippen LogP contribution in [0.3, 0.4) is 0 Å². The van der Waals surface area contributed by atoms with Gasteiger partial charge in [-0.15, -0.1) is 4.72 Å². The van der Waals surface area contributed by atoms with Gasteiger partial charge in [-0.05, 0) is 48.2 Å². The van der Waals surface area contributed by atoms with E-state index in [4.69, 9.17) is 4.74 Å². The van der Waals surface area contributed by atoms with E-state index in [0.29, 0.717) is 32.0 Å². The van der Waals surface area contributed by atoms with Crippen molar-refractivity contribution < 1.29 is 26.7 Å². The number of benzene rings is 3. The first-order chi connectivity index (χ1) is 16.7. The van der Waals surface area contributed by atoms with Crippen molar-refractivity contribution in [3.8, 4) is 16.9 Å². The van der Waals surface area contributed by atoms with E-state index in [1.54, 1.807) is 7.11 Å². The van der Waals surface area contributed by atoms with Gasteiger partial charge in [-0.1, -0.05) is 46.7 Å². The summed E-state index contributed by atoms with van der Waals surface area (Å²) in [5, 5.41) is 0. The lowest BCUT2D eigenvalue weighted by Gasteiger charge is -2.33. The fraction of sp³-hybridized carbons (Fsp3) is 0.308. The average molecular weight is 505 g/mol. The van der Waals surface area contributed by atoms with Crippen LogP contribution in [0.1, 0.15) is 24.0 Å². The Morgan fingerprint density at radius 3 is 2.46 bits per heavy atom. The van der Waals surface area contributed by atoms with Crippen molar-refractivity contribution in [1.82, 2.24) is 9.62 Å². The number of rotatable bonds is 7. The van der Waals surface area contributed by atoms with E-state index in [9.17, 15) is 21.9 Å². The highest BCUT2D eigenvalue weighted by Crippen LogP contribution is 2.32. The molecular formula is C26H27F3N2O3S. The number of likely N-dealkylation sites (tertiary alicyclic amines) is 1. The van der Waals surface area contributed by atoms with Gasteiger partial charge in [0.1, 0.15) is 5.75 Å². The normalized spacial score (nSPS) is 17.2. The van der Waals surface area contributed by atoms with Crippen LogP contribution in [0.15, 0.2) is 77.7 Å². The summed E-state index contributed by atoms with van der Waals surface area (Å²) in [5.74, 6) is 0.804. The topological polar surface area (TPSA) is 64.6 Å². The highest BCUT2D eigenvalue weighted by atomic mass is 32.3. The second-order valence-corrected chi connectivity index (χ2v) is 10.3. The Morgan fingerprint density at radius 2 is 1.74 bits per heavy atom. The van der Waals surface area contributed by atoms with Crippen LogP contribution < -0.4 is 9.46 Å². The number of alkyl halides is 3. The maximum atomic E-state index is 13.0. The number of ether oxygens (including phenoxy) is 1. The Bertz CT molecular complexity index is 1210. The van der Waals surface area contributed by atoms with Crippen molar-refractivity contribution in [2.75, 3.05) is 20.2 Å². The van der Waals surface area contributed by atoms with Crippen molar-refractivity contribution in [1.29, 1.82) is 0 Å². The van der Waals surface area contributed by atoms with Crippen molar-refractivity contribution in [2.45, 2.75) is 36.5 Å². The van der Waals surface area contributed by atoms with E-state index in [1.165, 1.54) is 6.07 Å². The first kappa shape index (κ1) is 25.4. The van der Waals surface area contributed by atoms with E-state index in [0.717, 1.165) is 41.1 Å². The summed E-state index contributed by atoms with van der Waals surface area (Å²) in [6.45, 7) is 2.07. The molecule has 186 valence electrons. The summed E-state index contributed by atoms with van der Waals surface area (Å²) < 4.78 is 72.3. The van der Waals surface area contributed by atoms with Crippen molar-refractivity contribution in [2.24, 2.45) is 0 Å². The van der Waals surface area contributed by atoms with Gasteiger partial charge in [0.2, 0.25) is 0 Å². The predicted molar refractivity (Wildman–Crippen MR) is 128 cm³/mol. The van der Waals surface area contributed by atoms with Crippen molar-refractivity contribution in [3.63, 3.8) is 0 Å². The van der Waals surface area contributed by atoms with Gasteiger partial charge in [0.25, 0.3) is 0 Å². The lowest BCUT2D eigenvalue weighted by atomic mass is 10.0. The lowest BCUT2D eigenvalue weighted by Crippen LogP contribution is -2.46. The van der Waals surface area contributed by atoms with Gasteiger partial charge in [0.15, 0.2) is 15.3 Å². The lowest BCUT2D eigenvalue weighted by molar-refractivity contribution is -0.137. The monoisotopic (exact) mass is 504 g/mol. The summed E-state index contributed by atoms with van der Waals surface area (Å²) >= 11 is 0. The number of nitrogens with one attached hydrogen (secondary N) is 1. The molecule has 0 amide bonds. The predicted octanol–water partition coefficient (Wildman–Crippen LogP) is 5.54. The van der Waals surface area contributed by atoms with Gasteiger partial charge in [-0.3, -0.25) is 4.90 Å². The zero-order chi connectivity index (χ0) is 25.1. The minimum absolute atomic E-state index is 0.328. The molecule has 1 atom stereocenters. The molecule has 3 aromatic rings. The van der Waals surface area contributed by atoms with Crippen LogP contribution in [0.4, 0.5) is 13.2 Å². The number of para-hydroxylation sites is 1. The molecule has 0 spiro atoms. The molecule has 1 unspecified atom stereocenters. The smallest absolute Gasteiger partial charge is 0.416 e. The second-order valence-electron chi connectivity index (χ2n) is 8.60. The SMILES string of the molecule is COc1ccccc1-c1cccc(CN2CCC(N[S+](=O)([O-])c3cccc(C(F)(F)F)c3)CC2)c1. The molecule has 0 radical (unpaired) electrons. The van der Waals surface area contributed by atoms with E-state index in [2.05, 4.69) is 21.8 Å². The summed E-state index contributed by atoms with van der Waals surface area (Å²) in [4.78, 5) is 1.87. The molecule has 35 heavy (non-hydrogen) atoms. The Hall–Kier alpha value is -2.72. The molecular weight excluding hydrogens is 477 g/mol. The molecule has 1 aliphatic heterocycles. The van der Waals surface area contributed by atoms with Crippen LogP contribution in [0.25, 0.3) is 11.1 Å². The van der Waals surface area contributed by atoms with E-state index in [1.807, 2.05) is 36.4 Å². The minimum atomic E-state index is -4.60. The molecule has 5 nitrogen and oxygen atoms in total. The molecule has 0 aromatic heterocycles. The Kier molecular flexibility index (Phi) is 7.61. The minimum Gasteiger partial charge on any atom is -0.593 e. The Labute approximate surface area is 204 Å². The maximum absolute atomic E-state index is 13.0. The summed E-state index contributed by atoms with van der Waals surface area (Å²) in [6.07, 6.45) is -3.45. The van der Waals surface area contributed by atoms with Crippen LogP contribution in [0.2, 0.25) is 0 Å². The number of hydrogen-bond acceptors (Lipinski definition) is 4. The van der Waals surface area contributed by atoms with Crippen molar-refractivity contribution in [3.05, 3.63) is 83.9 Å². The third-order valence-corrected chi connectivity index (χ3v) is 7.65. The number of halogens is 3. The Balaban J connectivity index is 1.36. The highest BCUT2D eigenvalue weighted by Gasteiger charge is 2.34. The fourth-order valence-corrected chi connectivity index (χ4v) is 5.66. The van der Waals surface area contributed by atoms with Crippen LogP contribution in [0.5, 0.6) is 5.75 Å². The second kappa shape index (κ2) is 10.5. The molecule has 4 rings (SSSR count). The standard InChI is InChI=1S/C26H27F3N2O3S/c1-34-25-11-3-2-10-24(25)20-7-4-6-19(16-20)18-31-14-12-22(13-15-31)30-35(32,33)23-9-5-8-21(17-23)26(27,28)29/h2-11,16-17,22H,12-15,18H2,1H3,(H-,30,32,33). The molecule has 1 fully saturated rings. The number of sulfonamides is 1. The van der Waals surface area contributed by atoms with E-state index >= 15 is 0 Å². The highest BCUT2D eigenvalue weighted by molar-refractivity contribution is 7.95. The van der Waals surface area contributed by atoms with Gasteiger partial charge in [-0.25, -0.2) is 0 Å². The van der Waals surface area contributed by atoms with Gasteiger partial charge in [-0.2, -0.15) is 13.2 Å². The Morgan fingerprint density at radius 1 is 1.03 bits per heavy atom. The molecule has 0 aliphatic carbocycles. The van der Waals surface area contributed by atoms with Gasteiger partial charge in [0.05, 0.1) is 18.7 Å². The van der Waals surface area contributed by atoms with Crippen molar-refractivity contribution >= 4 is 10.4 Å². The molecule has 0 bridgehead atoms. The van der Waals surface area contributed by atoms with Gasteiger partial charge in [0, 0.05) is 31.3 Å². The summed E-state index contributed by atoms with van der Waals surface area (Å²) in [7, 11) is -2.40.